The maximum absolute atomic E-state index is 11.3. The molecule has 0 radical (unpaired) electrons. The maximum Gasteiger partial charge on any atom is 0.235 e. The summed E-state index contributed by atoms with van der Waals surface area (Å²) in [4.78, 5) is 15.8. The van der Waals surface area contributed by atoms with Crippen LogP contribution in [0.3, 0.4) is 0 Å². The Kier molecular flexibility index (Phi) is 2.98. The van der Waals surface area contributed by atoms with Crippen molar-refractivity contribution in [3.63, 3.8) is 0 Å². The van der Waals surface area contributed by atoms with Crippen LogP contribution in [0.15, 0.2) is 5.38 Å². The van der Waals surface area contributed by atoms with Crippen molar-refractivity contribution in [2.75, 3.05) is 5.88 Å². The lowest BCUT2D eigenvalue weighted by Crippen LogP contribution is -2.51. The van der Waals surface area contributed by atoms with Gasteiger partial charge in [-0.05, 0) is 26.2 Å². The number of aromatic nitrogens is 1. The van der Waals surface area contributed by atoms with E-state index in [0.29, 0.717) is 0 Å². The van der Waals surface area contributed by atoms with E-state index in [1.54, 1.807) is 11.3 Å². The lowest BCUT2D eigenvalue weighted by Gasteiger charge is -2.40. The Labute approximate surface area is 97.9 Å². The molecular weight excluding hydrogens is 232 g/mol. The van der Waals surface area contributed by atoms with Gasteiger partial charge in [-0.25, -0.2) is 4.98 Å². The van der Waals surface area contributed by atoms with E-state index in [9.17, 15) is 4.79 Å². The molecule has 1 amide bonds. The smallest absolute Gasteiger partial charge is 0.235 e. The molecule has 2 rings (SSSR count). The minimum atomic E-state index is -0.217. The molecule has 0 aliphatic heterocycles. The summed E-state index contributed by atoms with van der Waals surface area (Å²) in [7, 11) is 0. The second kappa shape index (κ2) is 4.10. The van der Waals surface area contributed by atoms with Crippen molar-refractivity contribution in [3.05, 3.63) is 16.1 Å². The van der Waals surface area contributed by atoms with Crippen LogP contribution in [0.2, 0.25) is 0 Å². The molecule has 1 heterocycles. The van der Waals surface area contributed by atoms with E-state index in [1.807, 2.05) is 12.3 Å². The summed E-state index contributed by atoms with van der Waals surface area (Å²) in [5.74, 6) is -0.0873. The zero-order valence-electron chi connectivity index (χ0n) is 8.55. The summed E-state index contributed by atoms with van der Waals surface area (Å²) in [6.07, 6.45) is 3.09. The number of aryl methyl sites for hydroxylation is 1. The number of carbonyl (C=O) groups excluding carboxylic acids is 1. The summed E-state index contributed by atoms with van der Waals surface area (Å²) < 4.78 is 0. The highest BCUT2D eigenvalue weighted by atomic mass is 35.5. The number of amides is 1. The van der Waals surface area contributed by atoms with Crippen LogP contribution in [0, 0.1) is 6.92 Å². The van der Waals surface area contributed by atoms with Crippen LogP contribution >= 0.6 is 22.9 Å². The Bertz CT molecular complexity index is 373. The molecule has 1 fully saturated rings. The fourth-order valence-electron chi connectivity index (χ4n) is 1.80. The number of rotatable bonds is 3. The third-order valence-corrected chi connectivity index (χ3v) is 4.14. The number of alkyl halides is 1. The zero-order chi connectivity index (χ0) is 10.9. The average Bonchev–Trinajstić information content (AvgIpc) is 2.58. The van der Waals surface area contributed by atoms with Crippen LogP contribution < -0.4 is 5.32 Å². The highest BCUT2D eigenvalue weighted by Gasteiger charge is 2.42. The zero-order valence-corrected chi connectivity index (χ0v) is 10.1. The van der Waals surface area contributed by atoms with Crippen LogP contribution in [-0.4, -0.2) is 16.8 Å². The molecule has 0 unspecified atom stereocenters. The minimum Gasteiger partial charge on any atom is -0.343 e. The lowest BCUT2D eigenvalue weighted by atomic mass is 9.77. The van der Waals surface area contributed by atoms with Crippen molar-refractivity contribution in [2.24, 2.45) is 0 Å². The molecule has 1 aliphatic rings. The number of hydrogen-bond donors (Lipinski definition) is 1. The van der Waals surface area contributed by atoms with Crippen LogP contribution in [0.5, 0.6) is 0 Å². The summed E-state index contributed by atoms with van der Waals surface area (Å²) in [5.41, 5.74) is 0.798. The Morgan fingerprint density at radius 1 is 1.73 bits per heavy atom. The average molecular weight is 245 g/mol. The van der Waals surface area contributed by atoms with Crippen molar-refractivity contribution < 1.29 is 4.79 Å². The van der Waals surface area contributed by atoms with E-state index in [0.717, 1.165) is 30.0 Å². The quantitative estimate of drug-likeness (QED) is 0.829. The highest BCUT2D eigenvalue weighted by molar-refractivity contribution is 7.09. The Balaban J connectivity index is 2.18. The standard InChI is InChI=1S/C10H13ClN2OS/c1-7-6-15-9(12-7)10(3-2-4-10)13-8(14)5-11/h6H,2-5H2,1H3,(H,13,14). The molecule has 1 saturated carbocycles. The predicted molar refractivity (Wildman–Crippen MR) is 61.2 cm³/mol. The Morgan fingerprint density at radius 2 is 2.47 bits per heavy atom. The number of halogens is 1. The van der Waals surface area contributed by atoms with Gasteiger partial charge in [0.1, 0.15) is 10.9 Å². The summed E-state index contributed by atoms with van der Waals surface area (Å²) in [5, 5.41) is 6.02. The number of carbonyl (C=O) groups is 1. The largest absolute Gasteiger partial charge is 0.343 e. The first-order valence-corrected chi connectivity index (χ1v) is 6.37. The van der Waals surface area contributed by atoms with E-state index in [4.69, 9.17) is 11.6 Å². The van der Waals surface area contributed by atoms with Gasteiger partial charge in [0.2, 0.25) is 5.91 Å². The number of nitrogens with zero attached hydrogens (tertiary/aromatic N) is 1. The number of nitrogens with one attached hydrogen (secondary N) is 1. The molecule has 5 heteroatoms. The van der Waals surface area contributed by atoms with Gasteiger partial charge in [-0.2, -0.15) is 0 Å². The van der Waals surface area contributed by atoms with E-state index >= 15 is 0 Å². The molecule has 3 nitrogen and oxygen atoms in total. The summed E-state index contributed by atoms with van der Waals surface area (Å²) in [6.45, 7) is 1.97. The van der Waals surface area contributed by atoms with Crippen LogP contribution in [0.1, 0.15) is 30.0 Å². The van der Waals surface area contributed by atoms with Crippen LogP contribution in [-0.2, 0) is 10.3 Å². The maximum atomic E-state index is 11.3. The van der Waals surface area contributed by atoms with Gasteiger partial charge in [0.15, 0.2) is 0 Å². The van der Waals surface area contributed by atoms with Gasteiger partial charge in [0.25, 0.3) is 0 Å². The molecular formula is C10H13ClN2OS. The van der Waals surface area contributed by atoms with Crippen LogP contribution in [0.4, 0.5) is 0 Å². The SMILES string of the molecule is Cc1csc(C2(NC(=O)CCl)CCC2)n1. The number of hydrogen-bond acceptors (Lipinski definition) is 3. The molecule has 0 aromatic carbocycles. The number of thiazole rings is 1. The third-order valence-electron chi connectivity index (χ3n) is 2.74. The minimum absolute atomic E-state index is 0.0199. The van der Waals surface area contributed by atoms with Gasteiger partial charge in [-0.3, -0.25) is 4.79 Å². The summed E-state index contributed by atoms with van der Waals surface area (Å²) in [6, 6.07) is 0. The molecule has 1 aliphatic carbocycles. The van der Waals surface area contributed by atoms with Crippen molar-refractivity contribution in [1.82, 2.24) is 10.3 Å². The van der Waals surface area contributed by atoms with Gasteiger partial charge in [0.05, 0.1) is 5.54 Å². The fraction of sp³-hybridized carbons (Fsp3) is 0.600. The molecule has 1 aromatic rings. The van der Waals surface area contributed by atoms with Gasteiger partial charge in [0, 0.05) is 11.1 Å². The van der Waals surface area contributed by atoms with E-state index < -0.39 is 0 Å². The first-order valence-electron chi connectivity index (χ1n) is 4.96. The predicted octanol–water partition coefficient (Wildman–Crippen LogP) is 2.19. The topological polar surface area (TPSA) is 42.0 Å². The summed E-state index contributed by atoms with van der Waals surface area (Å²) >= 11 is 7.12. The first-order chi connectivity index (χ1) is 7.16. The first kappa shape index (κ1) is 10.9. The Morgan fingerprint density at radius 3 is 2.87 bits per heavy atom. The lowest BCUT2D eigenvalue weighted by molar-refractivity contribution is -0.121. The molecule has 0 saturated heterocycles. The molecule has 1 N–H and O–H groups in total. The van der Waals surface area contributed by atoms with E-state index in [1.165, 1.54) is 0 Å². The van der Waals surface area contributed by atoms with Gasteiger partial charge < -0.3 is 5.32 Å². The second-order valence-electron chi connectivity index (χ2n) is 3.91. The van der Waals surface area contributed by atoms with E-state index in [2.05, 4.69) is 10.3 Å². The van der Waals surface area contributed by atoms with Gasteiger partial charge in [-0.15, -0.1) is 22.9 Å². The monoisotopic (exact) mass is 244 g/mol. The fourth-order valence-corrected chi connectivity index (χ4v) is 2.88. The molecule has 0 bridgehead atoms. The van der Waals surface area contributed by atoms with Gasteiger partial charge >= 0.3 is 0 Å². The van der Waals surface area contributed by atoms with Crippen molar-refractivity contribution >= 4 is 28.8 Å². The molecule has 0 atom stereocenters. The van der Waals surface area contributed by atoms with Crippen LogP contribution in [0.25, 0.3) is 0 Å². The van der Waals surface area contributed by atoms with Crippen molar-refractivity contribution in [2.45, 2.75) is 31.7 Å². The Hall–Kier alpha value is -0.610. The molecule has 82 valence electrons. The normalized spacial score (nSPS) is 18.3. The molecule has 15 heavy (non-hydrogen) atoms. The van der Waals surface area contributed by atoms with Gasteiger partial charge in [-0.1, -0.05) is 0 Å². The highest BCUT2D eigenvalue weighted by Crippen LogP contribution is 2.42. The third kappa shape index (κ3) is 2.01. The van der Waals surface area contributed by atoms with Crippen molar-refractivity contribution in [3.8, 4) is 0 Å². The van der Waals surface area contributed by atoms with E-state index in [-0.39, 0.29) is 17.3 Å². The molecule has 1 aromatic heterocycles. The second-order valence-corrected chi connectivity index (χ2v) is 5.04. The molecule has 0 spiro atoms. The van der Waals surface area contributed by atoms with Crippen molar-refractivity contribution in [1.29, 1.82) is 0 Å².